The van der Waals surface area contributed by atoms with Gasteiger partial charge in [0.05, 0.1) is 11.4 Å². The van der Waals surface area contributed by atoms with Crippen molar-refractivity contribution in [3.05, 3.63) is 40.1 Å². The second-order valence-corrected chi connectivity index (χ2v) is 6.13. The Bertz CT molecular complexity index is 690. The molecule has 0 bridgehead atoms. The van der Waals surface area contributed by atoms with Gasteiger partial charge in [-0.25, -0.2) is 4.68 Å². The van der Waals surface area contributed by atoms with E-state index in [0.717, 1.165) is 22.3 Å². The van der Waals surface area contributed by atoms with E-state index in [9.17, 15) is 4.79 Å². The molecule has 1 fully saturated rings. The molecule has 1 aliphatic heterocycles. The van der Waals surface area contributed by atoms with Gasteiger partial charge in [-0.2, -0.15) is 0 Å². The van der Waals surface area contributed by atoms with Crippen molar-refractivity contribution in [3.8, 4) is 5.69 Å². The normalized spacial score (nSPS) is 17.4. The van der Waals surface area contributed by atoms with Gasteiger partial charge in [-0.05, 0) is 31.5 Å². The zero-order valence-electron chi connectivity index (χ0n) is 12.1. The zero-order valence-corrected chi connectivity index (χ0v) is 14.5. The third kappa shape index (κ3) is 3.16. The van der Waals surface area contributed by atoms with Gasteiger partial charge in [-0.3, -0.25) is 4.79 Å². The molecule has 1 saturated heterocycles. The Hall–Kier alpha value is -1.44. The molecular weight excluding hydrogens is 370 g/mol. The Morgan fingerprint density at radius 1 is 1.45 bits per heavy atom. The summed E-state index contributed by atoms with van der Waals surface area (Å²) in [4.78, 5) is 14.2. The molecular formula is C14H17BrClN5O. The average Bonchev–Trinajstić information content (AvgIpc) is 3.04. The van der Waals surface area contributed by atoms with Crippen LogP contribution in [-0.4, -0.2) is 44.9 Å². The summed E-state index contributed by atoms with van der Waals surface area (Å²) >= 11 is 3.43. The van der Waals surface area contributed by atoms with E-state index in [1.54, 1.807) is 9.58 Å². The van der Waals surface area contributed by atoms with Gasteiger partial charge < -0.3 is 10.6 Å². The van der Waals surface area contributed by atoms with Crippen molar-refractivity contribution in [1.29, 1.82) is 0 Å². The molecule has 3 rings (SSSR count). The predicted molar refractivity (Wildman–Crippen MR) is 89.5 cm³/mol. The Balaban J connectivity index is 0.00000176. The molecule has 2 heterocycles. The second-order valence-electron chi connectivity index (χ2n) is 5.22. The molecule has 0 unspecified atom stereocenters. The van der Waals surface area contributed by atoms with Gasteiger partial charge in [0.15, 0.2) is 5.69 Å². The highest BCUT2D eigenvalue weighted by Crippen LogP contribution is 2.19. The van der Waals surface area contributed by atoms with Gasteiger partial charge in [0.25, 0.3) is 5.91 Å². The molecule has 6 nitrogen and oxygen atoms in total. The summed E-state index contributed by atoms with van der Waals surface area (Å²) in [5.74, 6) is -0.0957. The van der Waals surface area contributed by atoms with Crippen molar-refractivity contribution in [2.75, 3.05) is 13.1 Å². The Morgan fingerprint density at radius 3 is 2.86 bits per heavy atom. The third-order valence-corrected chi connectivity index (χ3v) is 4.16. The number of nitrogens with zero attached hydrogens (tertiary/aromatic N) is 4. The fourth-order valence-electron chi connectivity index (χ4n) is 2.50. The van der Waals surface area contributed by atoms with E-state index in [1.807, 2.05) is 31.2 Å². The minimum Gasteiger partial charge on any atom is -0.336 e. The van der Waals surface area contributed by atoms with E-state index >= 15 is 0 Å². The molecule has 2 N–H and O–H groups in total. The maximum absolute atomic E-state index is 12.5. The van der Waals surface area contributed by atoms with Crippen molar-refractivity contribution in [3.63, 3.8) is 0 Å². The Morgan fingerprint density at radius 2 is 2.23 bits per heavy atom. The quantitative estimate of drug-likeness (QED) is 0.855. The number of benzene rings is 1. The Labute approximate surface area is 143 Å². The maximum atomic E-state index is 12.5. The van der Waals surface area contributed by atoms with E-state index < -0.39 is 0 Å². The molecule has 0 saturated carbocycles. The number of aromatic nitrogens is 3. The van der Waals surface area contributed by atoms with Crippen LogP contribution in [0.2, 0.25) is 0 Å². The van der Waals surface area contributed by atoms with Crippen LogP contribution in [0.1, 0.15) is 22.6 Å². The number of halogens is 2. The van der Waals surface area contributed by atoms with E-state index in [2.05, 4.69) is 26.2 Å². The number of amides is 1. The van der Waals surface area contributed by atoms with Crippen LogP contribution in [0.25, 0.3) is 5.69 Å². The molecule has 22 heavy (non-hydrogen) atoms. The highest BCUT2D eigenvalue weighted by Gasteiger charge is 2.28. The number of likely N-dealkylation sites (tertiary alicyclic amines) is 1. The molecule has 1 aromatic heterocycles. The van der Waals surface area contributed by atoms with Crippen LogP contribution in [0.15, 0.2) is 28.7 Å². The summed E-state index contributed by atoms with van der Waals surface area (Å²) in [6.07, 6.45) is 0.838. The van der Waals surface area contributed by atoms with Gasteiger partial charge in [0, 0.05) is 23.6 Å². The molecule has 0 radical (unpaired) electrons. The lowest BCUT2D eigenvalue weighted by molar-refractivity contribution is 0.0784. The molecule has 8 heteroatoms. The minimum atomic E-state index is -0.0957. The molecule has 0 aliphatic carbocycles. The van der Waals surface area contributed by atoms with Crippen LogP contribution in [0.5, 0.6) is 0 Å². The van der Waals surface area contributed by atoms with Crippen molar-refractivity contribution < 1.29 is 4.79 Å². The number of hydrogen-bond donors (Lipinski definition) is 1. The van der Waals surface area contributed by atoms with Crippen LogP contribution < -0.4 is 5.73 Å². The lowest BCUT2D eigenvalue weighted by Crippen LogP contribution is -2.32. The lowest BCUT2D eigenvalue weighted by Gasteiger charge is -2.14. The first kappa shape index (κ1) is 16.9. The molecule has 1 aliphatic rings. The van der Waals surface area contributed by atoms with Crippen LogP contribution in [0.3, 0.4) is 0 Å². The molecule has 1 amide bonds. The van der Waals surface area contributed by atoms with Crippen molar-refractivity contribution in [1.82, 2.24) is 19.9 Å². The van der Waals surface area contributed by atoms with Gasteiger partial charge in [0.1, 0.15) is 0 Å². The first-order chi connectivity index (χ1) is 10.1. The summed E-state index contributed by atoms with van der Waals surface area (Å²) in [7, 11) is 0. The number of rotatable bonds is 2. The van der Waals surface area contributed by atoms with Crippen LogP contribution in [0, 0.1) is 6.92 Å². The fourth-order valence-corrected chi connectivity index (χ4v) is 2.89. The SMILES string of the molecule is Cc1c(C(=O)N2CC[C@@H](N)C2)nnn1-c1cccc(Br)c1.Cl. The number of carbonyl (C=O) groups excluding carboxylic acids is 1. The summed E-state index contributed by atoms with van der Waals surface area (Å²) in [5.41, 5.74) is 7.85. The minimum absolute atomic E-state index is 0. The van der Waals surface area contributed by atoms with E-state index in [4.69, 9.17) is 5.73 Å². The predicted octanol–water partition coefficient (Wildman–Crippen LogP) is 1.93. The highest BCUT2D eigenvalue weighted by atomic mass is 79.9. The molecule has 2 aromatic rings. The number of carbonyl (C=O) groups is 1. The van der Waals surface area contributed by atoms with Crippen LogP contribution in [0.4, 0.5) is 0 Å². The molecule has 118 valence electrons. The van der Waals surface area contributed by atoms with Gasteiger partial charge in [-0.15, -0.1) is 17.5 Å². The largest absolute Gasteiger partial charge is 0.336 e. The van der Waals surface area contributed by atoms with Crippen LogP contribution in [-0.2, 0) is 0 Å². The van der Waals surface area contributed by atoms with Gasteiger partial charge in [-0.1, -0.05) is 27.2 Å². The van der Waals surface area contributed by atoms with Gasteiger partial charge in [0.2, 0.25) is 0 Å². The van der Waals surface area contributed by atoms with E-state index in [-0.39, 0.29) is 24.4 Å². The standard InChI is InChI=1S/C14H16BrN5O.ClH/c1-9-13(14(21)19-6-5-11(16)8-19)17-18-20(9)12-4-2-3-10(15)7-12;/h2-4,7,11H,5-6,8,16H2,1H3;1H/t11-;/m1./s1. The van der Waals surface area contributed by atoms with E-state index in [0.29, 0.717) is 18.8 Å². The Kier molecular flexibility index (Phi) is 5.20. The topological polar surface area (TPSA) is 77.0 Å². The smallest absolute Gasteiger partial charge is 0.276 e. The molecule has 1 aromatic carbocycles. The number of hydrogen-bond acceptors (Lipinski definition) is 4. The first-order valence-corrected chi connectivity index (χ1v) is 7.58. The van der Waals surface area contributed by atoms with Crippen molar-refractivity contribution in [2.45, 2.75) is 19.4 Å². The molecule has 0 spiro atoms. The monoisotopic (exact) mass is 385 g/mol. The first-order valence-electron chi connectivity index (χ1n) is 6.79. The average molecular weight is 387 g/mol. The third-order valence-electron chi connectivity index (χ3n) is 3.66. The lowest BCUT2D eigenvalue weighted by atomic mass is 10.2. The van der Waals surface area contributed by atoms with Gasteiger partial charge >= 0.3 is 0 Å². The summed E-state index contributed by atoms with van der Waals surface area (Å²) in [5, 5.41) is 8.16. The summed E-state index contributed by atoms with van der Waals surface area (Å²) < 4.78 is 2.63. The van der Waals surface area contributed by atoms with E-state index in [1.165, 1.54) is 0 Å². The van der Waals surface area contributed by atoms with Crippen molar-refractivity contribution in [2.24, 2.45) is 5.73 Å². The molecule has 1 atom stereocenters. The number of nitrogens with two attached hydrogens (primary N) is 1. The second kappa shape index (κ2) is 6.76. The fraction of sp³-hybridized carbons (Fsp3) is 0.357. The summed E-state index contributed by atoms with van der Waals surface area (Å²) in [6, 6.07) is 7.78. The maximum Gasteiger partial charge on any atom is 0.276 e. The zero-order chi connectivity index (χ0) is 15.0. The summed E-state index contributed by atoms with van der Waals surface area (Å²) in [6.45, 7) is 3.12. The van der Waals surface area contributed by atoms with Crippen molar-refractivity contribution >= 4 is 34.2 Å². The van der Waals surface area contributed by atoms with Crippen LogP contribution >= 0.6 is 28.3 Å². The highest BCUT2D eigenvalue weighted by molar-refractivity contribution is 9.10.